The molecule has 0 bridgehead atoms. The molecule has 0 atom stereocenters. The van der Waals surface area contributed by atoms with Gasteiger partial charge in [-0.05, 0) is 31.0 Å². The summed E-state index contributed by atoms with van der Waals surface area (Å²) in [5, 5.41) is 5.56. The first-order valence-electron chi connectivity index (χ1n) is 8.14. The lowest BCUT2D eigenvalue weighted by molar-refractivity contribution is -0.118. The predicted molar refractivity (Wildman–Crippen MR) is 92.0 cm³/mol. The molecule has 2 aliphatic rings. The molecular weight excluding hydrogens is 322 g/mol. The molecule has 8 heteroatoms. The van der Waals surface area contributed by atoms with Crippen molar-refractivity contribution < 1.29 is 14.3 Å². The Morgan fingerprint density at radius 3 is 2.96 bits per heavy atom. The molecule has 2 aromatic rings. The van der Waals surface area contributed by atoms with Crippen LogP contribution in [-0.4, -0.2) is 41.5 Å². The van der Waals surface area contributed by atoms with Crippen molar-refractivity contribution in [3.05, 3.63) is 36.3 Å². The lowest BCUT2D eigenvalue weighted by Gasteiger charge is -2.20. The molecule has 2 aliphatic heterocycles. The number of nitrogens with one attached hydrogen (secondary N) is 2. The number of aromatic nitrogens is 2. The second-order valence-corrected chi connectivity index (χ2v) is 5.96. The fraction of sp³-hybridized carbons (Fsp3) is 0.294. The van der Waals surface area contributed by atoms with Gasteiger partial charge in [-0.25, -0.2) is 9.97 Å². The molecule has 2 N–H and O–H groups in total. The summed E-state index contributed by atoms with van der Waals surface area (Å²) in [7, 11) is 0. The Morgan fingerprint density at radius 1 is 1.28 bits per heavy atom. The van der Waals surface area contributed by atoms with Gasteiger partial charge >= 0.3 is 0 Å². The summed E-state index contributed by atoms with van der Waals surface area (Å²) >= 11 is 0. The van der Waals surface area contributed by atoms with Gasteiger partial charge in [0.05, 0.1) is 11.9 Å². The van der Waals surface area contributed by atoms with Crippen molar-refractivity contribution >= 4 is 29.0 Å². The van der Waals surface area contributed by atoms with Crippen molar-refractivity contribution in [1.82, 2.24) is 9.97 Å². The molecule has 25 heavy (non-hydrogen) atoms. The van der Waals surface area contributed by atoms with Crippen molar-refractivity contribution in [3.63, 3.8) is 0 Å². The maximum Gasteiger partial charge on any atom is 0.262 e. The summed E-state index contributed by atoms with van der Waals surface area (Å²) in [4.78, 5) is 34.5. The molecule has 0 aliphatic carbocycles. The van der Waals surface area contributed by atoms with Gasteiger partial charge in [0.25, 0.3) is 11.8 Å². The van der Waals surface area contributed by atoms with Gasteiger partial charge in [-0.3, -0.25) is 9.59 Å². The highest BCUT2D eigenvalue weighted by molar-refractivity contribution is 6.07. The van der Waals surface area contributed by atoms with Crippen LogP contribution >= 0.6 is 0 Å². The minimum atomic E-state index is -0.294. The SMILES string of the molecule is O=C1COc2ccc(C(=O)Nc3cncnc3N3CCCC3)cc2N1. The molecule has 0 unspecified atom stereocenters. The monoisotopic (exact) mass is 339 g/mol. The van der Waals surface area contributed by atoms with Gasteiger partial charge in [-0.2, -0.15) is 0 Å². The summed E-state index contributed by atoms with van der Waals surface area (Å²) in [6.45, 7) is 1.82. The number of carbonyl (C=O) groups excluding carboxylic acids is 2. The highest BCUT2D eigenvalue weighted by atomic mass is 16.5. The zero-order valence-corrected chi connectivity index (χ0v) is 13.5. The number of rotatable bonds is 3. The lowest BCUT2D eigenvalue weighted by Crippen LogP contribution is -2.26. The molecular formula is C17H17N5O3. The molecule has 0 spiro atoms. The predicted octanol–water partition coefficient (Wildman–Crippen LogP) is 1.66. The minimum Gasteiger partial charge on any atom is -0.482 e. The molecule has 1 aromatic carbocycles. The van der Waals surface area contributed by atoms with Crippen LogP contribution in [-0.2, 0) is 4.79 Å². The maximum atomic E-state index is 12.6. The van der Waals surface area contributed by atoms with Crippen LogP contribution in [0.3, 0.4) is 0 Å². The van der Waals surface area contributed by atoms with E-state index in [-0.39, 0.29) is 18.4 Å². The number of anilines is 3. The molecule has 4 rings (SSSR count). The van der Waals surface area contributed by atoms with E-state index >= 15 is 0 Å². The Balaban J connectivity index is 1.57. The van der Waals surface area contributed by atoms with Gasteiger partial charge in [-0.1, -0.05) is 0 Å². The van der Waals surface area contributed by atoms with E-state index in [1.165, 1.54) is 6.33 Å². The first-order valence-corrected chi connectivity index (χ1v) is 8.14. The summed E-state index contributed by atoms with van der Waals surface area (Å²) < 4.78 is 5.30. The number of benzene rings is 1. The van der Waals surface area contributed by atoms with Crippen LogP contribution in [0, 0.1) is 0 Å². The van der Waals surface area contributed by atoms with Gasteiger partial charge in [0.15, 0.2) is 12.4 Å². The third-order valence-electron chi connectivity index (χ3n) is 4.22. The van der Waals surface area contributed by atoms with Crippen LogP contribution in [0.4, 0.5) is 17.2 Å². The van der Waals surface area contributed by atoms with Gasteiger partial charge in [0.1, 0.15) is 17.8 Å². The van der Waals surface area contributed by atoms with Crippen molar-refractivity contribution in [3.8, 4) is 5.75 Å². The topological polar surface area (TPSA) is 96.5 Å². The van der Waals surface area contributed by atoms with E-state index in [4.69, 9.17) is 4.74 Å². The van der Waals surface area contributed by atoms with Gasteiger partial charge in [0, 0.05) is 18.7 Å². The van der Waals surface area contributed by atoms with Crippen molar-refractivity contribution in [1.29, 1.82) is 0 Å². The van der Waals surface area contributed by atoms with Gasteiger partial charge < -0.3 is 20.3 Å². The molecule has 2 amide bonds. The molecule has 1 aromatic heterocycles. The number of hydrogen-bond acceptors (Lipinski definition) is 6. The zero-order chi connectivity index (χ0) is 17.2. The quantitative estimate of drug-likeness (QED) is 0.883. The Morgan fingerprint density at radius 2 is 2.12 bits per heavy atom. The molecule has 3 heterocycles. The van der Waals surface area contributed by atoms with E-state index in [2.05, 4.69) is 25.5 Å². The van der Waals surface area contributed by atoms with E-state index < -0.39 is 0 Å². The average molecular weight is 339 g/mol. The van der Waals surface area contributed by atoms with E-state index in [1.54, 1.807) is 24.4 Å². The van der Waals surface area contributed by atoms with Crippen LogP contribution < -0.4 is 20.3 Å². The van der Waals surface area contributed by atoms with Crippen molar-refractivity contribution in [2.75, 3.05) is 35.2 Å². The number of fused-ring (bicyclic) bond motifs is 1. The maximum absolute atomic E-state index is 12.6. The Labute approximate surface area is 144 Å². The fourth-order valence-electron chi connectivity index (χ4n) is 3.01. The Bertz CT molecular complexity index is 833. The first-order chi connectivity index (χ1) is 12.2. The first kappa shape index (κ1) is 15.4. The largest absolute Gasteiger partial charge is 0.482 e. The fourth-order valence-corrected chi connectivity index (χ4v) is 3.01. The molecule has 0 radical (unpaired) electrons. The molecule has 128 valence electrons. The average Bonchev–Trinajstić information content (AvgIpc) is 3.16. The van der Waals surface area contributed by atoms with E-state index in [9.17, 15) is 9.59 Å². The van der Waals surface area contributed by atoms with Crippen LogP contribution in [0.2, 0.25) is 0 Å². The highest BCUT2D eigenvalue weighted by Gasteiger charge is 2.21. The summed E-state index contributed by atoms with van der Waals surface area (Å²) in [6.07, 6.45) is 5.31. The van der Waals surface area contributed by atoms with Crippen LogP contribution in [0.15, 0.2) is 30.7 Å². The second-order valence-electron chi connectivity index (χ2n) is 5.96. The highest BCUT2D eigenvalue weighted by Crippen LogP contribution is 2.30. The number of nitrogens with zero attached hydrogens (tertiary/aromatic N) is 3. The van der Waals surface area contributed by atoms with E-state index in [0.717, 1.165) is 31.7 Å². The van der Waals surface area contributed by atoms with Gasteiger partial charge in [-0.15, -0.1) is 0 Å². The lowest BCUT2D eigenvalue weighted by atomic mass is 10.1. The normalized spacial score (nSPS) is 16.0. The van der Waals surface area contributed by atoms with Crippen molar-refractivity contribution in [2.45, 2.75) is 12.8 Å². The minimum absolute atomic E-state index is 0.0148. The van der Waals surface area contributed by atoms with E-state index in [1.807, 2.05) is 0 Å². The van der Waals surface area contributed by atoms with E-state index in [0.29, 0.717) is 22.7 Å². The van der Waals surface area contributed by atoms with Crippen LogP contribution in [0.25, 0.3) is 0 Å². The summed E-state index contributed by atoms with van der Waals surface area (Å²) in [5.41, 5.74) is 1.49. The zero-order valence-electron chi connectivity index (χ0n) is 13.5. The Kier molecular flexibility index (Phi) is 3.93. The summed E-state index contributed by atoms with van der Waals surface area (Å²) in [5.74, 6) is 0.753. The van der Waals surface area contributed by atoms with Gasteiger partial charge in [0.2, 0.25) is 0 Å². The standard InChI is InChI=1S/C17H17N5O3/c23-15-9-25-14-4-3-11(7-12(14)20-15)17(24)21-13-8-18-10-19-16(13)22-5-1-2-6-22/h3-4,7-8,10H,1-2,5-6,9H2,(H,20,23)(H,21,24). The summed E-state index contributed by atoms with van der Waals surface area (Å²) in [6, 6.07) is 4.93. The molecule has 1 fully saturated rings. The van der Waals surface area contributed by atoms with Crippen LogP contribution in [0.5, 0.6) is 5.75 Å². The Hall–Kier alpha value is -3.16. The second kappa shape index (κ2) is 6.39. The third-order valence-corrected chi connectivity index (χ3v) is 4.22. The third kappa shape index (κ3) is 3.10. The van der Waals surface area contributed by atoms with Crippen molar-refractivity contribution in [2.24, 2.45) is 0 Å². The number of carbonyl (C=O) groups is 2. The smallest absolute Gasteiger partial charge is 0.262 e. The van der Waals surface area contributed by atoms with Crippen LogP contribution in [0.1, 0.15) is 23.2 Å². The molecule has 1 saturated heterocycles. The number of hydrogen-bond donors (Lipinski definition) is 2. The molecule has 0 saturated carbocycles. The number of amides is 2. The molecule has 8 nitrogen and oxygen atoms in total. The number of ether oxygens (including phenoxy) is 1.